The van der Waals surface area contributed by atoms with Gasteiger partial charge < -0.3 is 15.0 Å². The minimum absolute atomic E-state index is 0.158. The molecule has 1 heterocycles. The van der Waals surface area contributed by atoms with Crippen LogP contribution in [0.5, 0.6) is 0 Å². The van der Waals surface area contributed by atoms with Gasteiger partial charge in [0.2, 0.25) is 5.89 Å². The normalized spacial score (nSPS) is 13.4. The minimum Gasteiger partial charge on any atom is -0.377 e. The average Bonchev–Trinajstić information content (AvgIpc) is 2.85. The fraction of sp³-hybridized carbons (Fsp3) is 0.857. The summed E-state index contributed by atoms with van der Waals surface area (Å²) in [4.78, 5) is 4.44. The first-order valence-electron chi connectivity index (χ1n) is 7.29. The lowest BCUT2D eigenvalue weighted by atomic mass is 9.98. The number of ether oxygens (including phenoxy) is 1. The van der Waals surface area contributed by atoms with Crippen LogP contribution in [0.2, 0.25) is 0 Å². The van der Waals surface area contributed by atoms with E-state index in [-0.39, 0.29) is 12.1 Å². The summed E-state index contributed by atoms with van der Waals surface area (Å²) in [6.07, 6.45) is 4.54. The molecule has 0 bridgehead atoms. The second-order valence-corrected chi connectivity index (χ2v) is 5.25. The van der Waals surface area contributed by atoms with Crippen molar-refractivity contribution in [2.75, 3.05) is 6.61 Å². The van der Waals surface area contributed by atoms with E-state index in [0.29, 0.717) is 18.3 Å². The van der Waals surface area contributed by atoms with Crippen molar-refractivity contribution in [3.63, 3.8) is 0 Å². The Morgan fingerprint density at radius 1 is 1.21 bits per heavy atom. The molecule has 0 aliphatic rings. The lowest BCUT2D eigenvalue weighted by Crippen LogP contribution is -2.20. The molecule has 1 rings (SSSR count). The lowest BCUT2D eigenvalue weighted by Gasteiger charge is -2.11. The fourth-order valence-electron chi connectivity index (χ4n) is 2.02. The smallest absolute Gasteiger partial charge is 0.229 e. The highest BCUT2D eigenvalue weighted by Gasteiger charge is 2.20. The van der Waals surface area contributed by atoms with Crippen molar-refractivity contribution < 1.29 is 9.26 Å². The van der Waals surface area contributed by atoms with Crippen LogP contribution in [0.25, 0.3) is 0 Å². The molecule has 0 fully saturated rings. The number of aromatic nitrogens is 2. The van der Waals surface area contributed by atoms with Crippen molar-refractivity contribution >= 4 is 0 Å². The predicted octanol–water partition coefficient (Wildman–Crippen LogP) is 3.18. The highest BCUT2D eigenvalue weighted by Crippen LogP contribution is 2.25. The van der Waals surface area contributed by atoms with E-state index in [4.69, 9.17) is 15.0 Å². The van der Waals surface area contributed by atoms with E-state index in [1.165, 1.54) is 0 Å². The van der Waals surface area contributed by atoms with Crippen LogP contribution in [0.4, 0.5) is 0 Å². The third-order valence-corrected chi connectivity index (χ3v) is 3.02. The number of hydrogen-bond acceptors (Lipinski definition) is 5. The van der Waals surface area contributed by atoms with Crippen molar-refractivity contribution in [3.05, 3.63) is 11.7 Å². The summed E-state index contributed by atoms with van der Waals surface area (Å²) in [6, 6.07) is -0.316. The van der Waals surface area contributed by atoms with Gasteiger partial charge in [0.15, 0.2) is 5.82 Å². The van der Waals surface area contributed by atoms with Crippen molar-refractivity contribution in [1.82, 2.24) is 10.1 Å². The Kier molecular flexibility index (Phi) is 7.02. The molecule has 0 spiro atoms. The fourth-order valence-corrected chi connectivity index (χ4v) is 2.02. The van der Waals surface area contributed by atoms with Crippen LogP contribution in [0.1, 0.15) is 77.1 Å². The quantitative estimate of drug-likeness (QED) is 0.745. The molecule has 5 heteroatoms. The summed E-state index contributed by atoms with van der Waals surface area (Å²) in [5.74, 6) is 1.63. The largest absolute Gasteiger partial charge is 0.377 e. The van der Waals surface area contributed by atoms with Gasteiger partial charge in [0, 0.05) is 5.92 Å². The molecule has 5 nitrogen and oxygen atoms in total. The lowest BCUT2D eigenvalue weighted by molar-refractivity contribution is 0.0665. The molecule has 110 valence electrons. The van der Waals surface area contributed by atoms with Gasteiger partial charge in [-0.15, -0.1) is 0 Å². The van der Waals surface area contributed by atoms with Crippen molar-refractivity contribution in [2.45, 2.75) is 71.4 Å². The van der Waals surface area contributed by atoms with E-state index < -0.39 is 0 Å². The first-order chi connectivity index (χ1) is 9.08. The van der Waals surface area contributed by atoms with Gasteiger partial charge >= 0.3 is 0 Å². The Balaban J connectivity index is 2.63. The Labute approximate surface area is 115 Å². The Bertz CT molecular complexity index is 346. The highest BCUT2D eigenvalue weighted by molar-refractivity contribution is 4.97. The topological polar surface area (TPSA) is 74.2 Å². The van der Waals surface area contributed by atoms with Gasteiger partial charge in [-0.2, -0.15) is 4.98 Å². The van der Waals surface area contributed by atoms with Crippen LogP contribution in [0.15, 0.2) is 4.52 Å². The van der Waals surface area contributed by atoms with Crippen LogP contribution < -0.4 is 5.73 Å². The molecule has 0 radical (unpaired) electrons. The van der Waals surface area contributed by atoms with E-state index in [1.807, 2.05) is 13.8 Å². The molecule has 1 aromatic rings. The third-order valence-electron chi connectivity index (χ3n) is 3.02. The first kappa shape index (κ1) is 16.1. The van der Waals surface area contributed by atoms with Gasteiger partial charge in [-0.3, -0.25) is 0 Å². The monoisotopic (exact) mass is 269 g/mol. The minimum atomic E-state index is -0.316. The van der Waals surface area contributed by atoms with E-state index in [1.54, 1.807) is 0 Å². The molecule has 0 saturated carbocycles. The Morgan fingerprint density at radius 2 is 1.84 bits per heavy atom. The van der Waals surface area contributed by atoms with Crippen LogP contribution in [0.3, 0.4) is 0 Å². The van der Waals surface area contributed by atoms with Crippen LogP contribution in [-0.4, -0.2) is 22.9 Å². The van der Waals surface area contributed by atoms with E-state index >= 15 is 0 Å². The number of nitrogens with zero attached hydrogens (tertiary/aromatic N) is 2. The van der Waals surface area contributed by atoms with Crippen molar-refractivity contribution in [1.29, 1.82) is 0 Å². The van der Waals surface area contributed by atoms with E-state index in [9.17, 15) is 0 Å². The second-order valence-electron chi connectivity index (χ2n) is 5.25. The van der Waals surface area contributed by atoms with Crippen molar-refractivity contribution in [3.8, 4) is 0 Å². The Morgan fingerprint density at radius 3 is 2.37 bits per heavy atom. The predicted molar refractivity (Wildman–Crippen MR) is 74.9 cm³/mol. The summed E-state index contributed by atoms with van der Waals surface area (Å²) in [7, 11) is 0. The maximum Gasteiger partial charge on any atom is 0.229 e. The number of hydrogen-bond donors (Lipinski definition) is 1. The number of rotatable bonds is 9. The first-order valence-corrected chi connectivity index (χ1v) is 7.29. The van der Waals surface area contributed by atoms with Gasteiger partial charge in [-0.25, -0.2) is 0 Å². The summed E-state index contributed by atoms with van der Waals surface area (Å²) < 4.78 is 10.8. The highest BCUT2D eigenvalue weighted by atomic mass is 16.5. The second kappa shape index (κ2) is 8.27. The molecule has 2 N–H and O–H groups in total. The SMILES string of the molecule is CCCC(CCC)c1nc(C(N)COC(C)C)no1. The molecular formula is C14H27N3O2. The zero-order valence-electron chi connectivity index (χ0n) is 12.6. The third kappa shape index (κ3) is 5.28. The van der Waals surface area contributed by atoms with Crippen LogP contribution in [0, 0.1) is 0 Å². The molecule has 1 aromatic heterocycles. The van der Waals surface area contributed by atoms with Gasteiger partial charge in [-0.05, 0) is 26.7 Å². The molecule has 0 saturated heterocycles. The molecular weight excluding hydrogens is 242 g/mol. The van der Waals surface area contributed by atoms with Crippen LogP contribution in [-0.2, 0) is 4.74 Å². The zero-order valence-corrected chi connectivity index (χ0v) is 12.6. The van der Waals surface area contributed by atoms with Gasteiger partial charge in [0.25, 0.3) is 0 Å². The standard InChI is InChI=1S/C14H27N3O2/c1-5-7-11(8-6-2)14-16-13(17-19-14)12(15)9-18-10(3)4/h10-12H,5-9,15H2,1-4H3. The Hall–Kier alpha value is -0.940. The molecule has 19 heavy (non-hydrogen) atoms. The molecule has 1 unspecified atom stereocenters. The zero-order chi connectivity index (χ0) is 14.3. The molecule has 0 aliphatic carbocycles. The van der Waals surface area contributed by atoms with Crippen molar-refractivity contribution in [2.24, 2.45) is 5.73 Å². The maximum absolute atomic E-state index is 5.99. The molecule has 1 atom stereocenters. The van der Waals surface area contributed by atoms with E-state index in [2.05, 4.69) is 24.0 Å². The summed E-state index contributed by atoms with van der Waals surface area (Å²) in [5.41, 5.74) is 5.99. The summed E-state index contributed by atoms with van der Waals surface area (Å²) >= 11 is 0. The van der Waals surface area contributed by atoms with Gasteiger partial charge in [0.1, 0.15) is 0 Å². The van der Waals surface area contributed by atoms with Gasteiger partial charge in [-0.1, -0.05) is 31.8 Å². The average molecular weight is 269 g/mol. The molecule has 0 amide bonds. The molecule has 0 aromatic carbocycles. The van der Waals surface area contributed by atoms with Crippen LogP contribution >= 0.6 is 0 Å². The van der Waals surface area contributed by atoms with E-state index in [0.717, 1.165) is 31.6 Å². The van der Waals surface area contributed by atoms with Gasteiger partial charge in [0.05, 0.1) is 18.8 Å². The summed E-state index contributed by atoms with van der Waals surface area (Å²) in [6.45, 7) is 8.72. The number of nitrogens with two attached hydrogens (primary N) is 1. The summed E-state index contributed by atoms with van der Waals surface area (Å²) in [5, 5.41) is 3.99. The molecule has 0 aliphatic heterocycles. The maximum atomic E-state index is 5.99.